The minimum Gasteiger partial charge on any atom is -0.508 e. The van der Waals surface area contributed by atoms with Crippen LogP contribution in [0.1, 0.15) is 18.4 Å². The maximum absolute atomic E-state index is 12.4. The largest absolute Gasteiger partial charge is 0.573 e. The van der Waals surface area contributed by atoms with Crippen LogP contribution in [0.25, 0.3) is 0 Å². The lowest BCUT2D eigenvalue weighted by Gasteiger charge is -2.34. The maximum atomic E-state index is 12.4. The van der Waals surface area contributed by atoms with Crippen LogP contribution in [-0.4, -0.2) is 30.2 Å². The van der Waals surface area contributed by atoms with Crippen molar-refractivity contribution in [3.8, 4) is 11.5 Å². The molecule has 0 aromatic heterocycles. The zero-order chi connectivity index (χ0) is 19.3. The standard InChI is InChI=1S/C19H22F3N3O2/c20-19(21,22)27-15-8-9-17(26)13(11-15)12-24-16-7-4-10-23-18(16)25-14-5-2-1-3-6-14/h1-3,5-6,8-9,11,16,18,23-26H,4,7,10,12H2/t16-,18-/m0/s1. The monoisotopic (exact) mass is 381 g/mol. The number of phenols is 1. The van der Waals surface area contributed by atoms with Gasteiger partial charge in [0, 0.05) is 23.8 Å². The molecule has 8 heteroatoms. The van der Waals surface area contributed by atoms with Gasteiger partial charge >= 0.3 is 6.36 Å². The SMILES string of the molecule is Oc1ccc(OC(F)(F)F)cc1CN[C@H]1CCCN[C@H]1Nc1ccccc1. The highest BCUT2D eigenvalue weighted by atomic mass is 19.4. The first-order valence-electron chi connectivity index (χ1n) is 8.77. The predicted octanol–water partition coefficient (Wildman–Crippen LogP) is 3.57. The molecule has 0 unspecified atom stereocenters. The van der Waals surface area contributed by atoms with Crippen molar-refractivity contribution in [3.63, 3.8) is 0 Å². The highest BCUT2D eigenvalue weighted by Crippen LogP contribution is 2.28. The number of aromatic hydroxyl groups is 1. The third-order valence-corrected chi connectivity index (χ3v) is 4.39. The molecule has 5 nitrogen and oxygen atoms in total. The number of phenolic OH excluding ortho intramolecular Hbond substituents is 1. The third kappa shape index (κ3) is 5.77. The zero-order valence-electron chi connectivity index (χ0n) is 14.6. The van der Waals surface area contributed by atoms with E-state index in [-0.39, 0.29) is 30.3 Å². The van der Waals surface area contributed by atoms with Crippen molar-refractivity contribution in [2.24, 2.45) is 0 Å². The molecule has 0 bridgehead atoms. The Morgan fingerprint density at radius 2 is 1.93 bits per heavy atom. The molecule has 4 N–H and O–H groups in total. The van der Waals surface area contributed by atoms with Gasteiger partial charge in [-0.25, -0.2) is 0 Å². The van der Waals surface area contributed by atoms with E-state index in [2.05, 4.69) is 20.7 Å². The van der Waals surface area contributed by atoms with Crippen LogP contribution < -0.4 is 20.7 Å². The van der Waals surface area contributed by atoms with Crippen LogP contribution in [0.4, 0.5) is 18.9 Å². The fourth-order valence-electron chi connectivity index (χ4n) is 3.12. The summed E-state index contributed by atoms with van der Waals surface area (Å²) < 4.78 is 41.1. The average molecular weight is 381 g/mol. The van der Waals surface area contributed by atoms with Gasteiger partial charge < -0.3 is 20.5 Å². The number of rotatable bonds is 6. The summed E-state index contributed by atoms with van der Waals surface area (Å²) in [6.07, 6.45) is -2.91. The van der Waals surface area contributed by atoms with E-state index >= 15 is 0 Å². The molecule has 3 rings (SSSR count). The van der Waals surface area contributed by atoms with Gasteiger partial charge in [-0.1, -0.05) is 18.2 Å². The van der Waals surface area contributed by atoms with E-state index in [1.165, 1.54) is 12.1 Å². The summed E-state index contributed by atoms with van der Waals surface area (Å²) >= 11 is 0. The fraction of sp³-hybridized carbons (Fsp3) is 0.368. The number of benzene rings is 2. The van der Waals surface area contributed by atoms with E-state index in [1.807, 2.05) is 30.3 Å². The van der Waals surface area contributed by atoms with Gasteiger partial charge in [0.25, 0.3) is 0 Å². The minimum atomic E-state index is -4.76. The van der Waals surface area contributed by atoms with Crippen LogP contribution in [-0.2, 0) is 6.54 Å². The molecule has 0 amide bonds. The Morgan fingerprint density at radius 1 is 1.15 bits per heavy atom. The molecule has 0 spiro atoms. The maximum Gasteiger partial charge on any atom is 0.573 e. The van der Waals surface area contributed by atoms with Crippen molar-refractivity contribution in [1.29, 1.82) is 0 Å². The average Bonchev–Trinajstić information content (AvgIpc) is 2.63. The Balaban J connectivity index is 1.64. The summed E-state index contributed by atoms with van der Waals surface area (Å²) in [4.78, 5) is 0. The summed E-state index contributed by atoms with van der Waals surface area (Å²) in [6, 6.07) is 13.3. The summed E-state index contributed by atoms with van der Waals surface area (Å²) in [5, 5.41) is 20.1. The molecule has 1 aliphatic rings. The number of hydrogen-bond donors (Lipinski definition) is 4. The van der Waals surface area contributed by atoms with Crippen LogP contribution in [0.15, 0.2) is 48.5 Å². The lowest BCUT2D eigenvalue weighted by atomic mass is 10.0. The summed E-state index contributed by atoms with van der Waals surface area (Å²) in [7, 11) is 0. The second kappa shape index (κ2) is 8.49. The number of hydrogen-bond acceptors (Lipinski definition) is 5. The summed E-state index contributed by atoms with van der Waals surface area (Å²) in [6.45, 7) is 1.10. The first-order valence-corrected chi connectivity index (χ1v) is 8.77. The van der Waals surface area contributed by atoms with Gasteiger partial charge in [-0.2, -0.15) is 0 Å². The van der Waals surface area contributed by atoms with Crippen molar-refractivity contribution in [3.05, 3.63) is 54.1 Å². The number of halogens is 3. The van der Waals surface area contributed by atoms with E-state index in [1.54, 1.807) is 0 Å². The molecular weight excluding hydrogens is 359 g/mol. The lowest BCUT2D eigenvalue weighted by Crippen LogP contribution is -2.55. The van der Waals surface area contributed by atoms with Crippen LogP contribution in [0.5, 0.6) is 11.5 Å². The predicted molar refractivity (Wildman–Crippen MR) is 96.5 cm³/mol. The van der Waals surface area contributed by atoms with Crippen molar-refractivity contribution in [2.45, 2.75) is 38.0 Å². The van der Waals surface area contributed by atoms with E-state index in [4.69, 9.17) is 0 Å². The van der Waals surface area contributed by atoms with Crippen LogP contribution in [0.3, 0.4) is 0 Å². The van der Waals surface area contributed by atoms with Crippen molar-refractivity contribution in [2.75, 3.05) is 11.9 Å². The second-order valence-electron chi connectivity index (χ2n) is 6.41. The smallest absolute Gasteiger partial charge is 0.508 e. The van der Waals surface area contributed by atoms with Gasteiger partial charge in [-0.15, -0.1) is 13.2 Å². The molecule has 1 heterocycles. The van der Waals surface area contributed by atoms with Gasteiger partial charge in [0.1, 0.15) is 11.5 Å². The number of para-hydroxylation sites is 1. The lowest BCUT2D eigenvalue weighted by molar-refractivity contribution is -0.274. The minimum absolute atomic E-state index is 0.0297. The number of alkyl halides is 3. The van der Waals surface area contributed by atoms with Crippen molar-refractivity contribution < 1.29 is 23.0 Å². The Bertz CT molecular complexity index is 741. The molecule has 2 atom stereocenters. The molecule has 0 radical (unpaired) electrons. The molecule has 0 aliphatic carbocycles. The Kier molecular flexibility index (Phi) is 6.08. The first-order chi connectivity index (χ1) is 12.9. The second-order valence-corrected chi connectivity index (χ2v) is 6.41. The van der Waals surface area contributed by atoms with Crippen LogP contribution in [0, 0.1) is 0 Å². The molecule has 2 aromatic carbocycles. The van der Waals surface area contributed by atoms with Gasteiger partial charge in [-0.05, 0) is 49.7 Å². The van der Waals surface area contributed by atoms with Crippen molar-refractivity contribution >= 4 is 5.69 Å². The topological polar surface area (TPSA) is 65.5 Å². The van der Waals surface area contributed by atoms with Gasteiger partial charge in [-0.3, -0.25) is 5.32 Å². The van der Waals surface area contributed by atoms with Gasteiger partial charge in [0.2, 0.25) is 0 Å². The molecular formula is C19H22F3N3O2. The number of anilines is 1. The van der Waals surface area contributed by atoms with E-state index in [0.717, 1.165) is 31.1 Å². The number of piperidine rings is 1. The zero-order valence-corrected chi connectivity index (χ0v) is 14.6. The van der Waals surface area contributed by atoms with E-state index in [0.29, 0.717) is 5.56 Å². The molecule has 1 saturated heterocycles. The molecule has 1 fully saturated rings. The van der Waals surface area contributed by atoms with Crippen LogP contribution in [0.2, 0.25) is 0 Å². The van der Waals surface area contributed by atoms with E-state index in [9.17, 15) is 18.3 Å². The Labute approximate surface area is 155 Å². The van der Waals surface area contributed by atoms with Gasteiger partial charge in [0.15, 0.2) is 0 Å². The number of nitrogens with one attached hydrogen (secondary N) is 3. The fourth-order valence-corrected chi connectivity index (χ4v) is 3.12. The van der Waals surface area contributed by atoms with E-state index < -0.39 is 6.36 Å². The normalized spacial score (nSPS) is 20.3. The first kappa shape index (κ1) is 19.3. The number of ether oxygens (including phenoxy) is 1. The molecule has 146 valence electrons. The highest BCUT2D eigenvalue weighted by Gasteiger charge is 2.31. The summed E-state index contributed by atoms with van der Waals surface area (Å²) in [5.41, 5.74) is 1.33. The summed E-state index contributed by atoms with van der Waals surface area (Å²) in [5.74, 6) is -0.425. The molecule has 27 heavy (non-hydrogen) atoms. The van der Waals surface area contributed by atoms with Crippen molar-refractivity contribution in [1.82, 2.24) is 10.6 Å². The third-order valence-electron chi connectivity index (χ3n) is 4.39. The molecule has 2 aromatic rings. The Hall–Kier alpha value is -2.45. The Morgan fingerprint density at radius 3 is 2.67 bits per heavy atom. The van der Waals surface area contributed by atoms with Gasteiger partial charge in [0.05, 0.1) is 6.17 Å². The molecule has 1 aliphatic heterocycles. The quantitative estimate of drug-likeness (QED) is 0.616. The highest BCUT2D eigenvalue weighted by molar-refractivity contribution is 5.44. The molecule has 0 saturated carbocycles. The van der Waals surface area contributed by atoms with Crippen LogP contribution >= 0.6 is 0 Å².